The van der Waals surface area contributed by atoms with Gasteiger partial charge in [0.25, 0.3) is 0 Å². The zero-order chi connectivity index (χ0) is 14.4. The Balaban J connectivity index is 1.65. The van der Waals surface area contributed by atoms with Crippen LogP contribution in [0, 0.1) is 5.92 Å². The average molecular weight is 278 g/mol. The molecule has 0 radical (unpaired) electrons. The van der Waals surface area contributed by atoms with Crippen molar-refractivity contribution in [1.82, 2.24) is 10.6 Å². The molecular weight excluding hydrogens is 256 g/mol. The number of ether oxygens (including phenoxy) is 1. The number of hydrogen-bond acceptors (Lipinski definition) is 3. The standard InChI is InChI=1S/C15H22N2O3/c1-11(6-7-18)9-16-15(19)17-10-13-8-12-4-2-3-5-14(12)20-13/h2-5,11,13,18H,6-10H2,1H3,(H2,16,17,19). The van der Waals surface area contributed by atoms with Gasteiger partial charge in [-0.25, -0.2) is 4.79 Å². The molecule has 0 aliphatic carbocycles. The number of para-hydroxylation sites is 1. The molecule has 20 heavy (non-hydrogen) atoms. The van der Waals surface area contributed by atoms with Crippen molar-refractivity contribution in [2.75, 3.05) is 19.7 Å². The van der Waals surface area contributed by atoms with Crippen LogP contribution in [0.25, 0.3) is 0 Å². The lowest BCUT2D eigenvalue weighted by Crippen LogP contribution is -2.42. The van der Waals surface area contributed by atoms with Gasteiger partial charge in [0.15, 0.2) is 0 Å². The van der Waals surface area contributed by atoms with Crippen LogP contribution >= 0.6 is 0 Å². The molecule has 1 aliphatic heterocycles. The second-order valence-corrected chi connectivity index (χ2v) is 5.26. The topological polar surface area (TPSA) is 70.6 Å². The van der Waals surface area contributed by atoms with Crippen molar-refractivity contribution >= 4 is 6.03 Å². The van der Waals surface area contributed by atoms with E-state index >= 15 is 0 Å². The molecule has 0 saturated heterocycles. The summed E-state index contributed by atoms with van der Waals surface area (Å²) in [6, 6.07) is 7.75. The van der Waals surface area contributed by atoms with E-state index in [1.807, 2.05) is 31.2 Å². The molecular formula is C15H22N2O3. The average Bonchev–Trinajstić information content (AvgIpc) is 2.86. The highest BCUT2D eigenvalue weighted by Gasteiger charge is 2.22. The third kappa shape index (κ3) is 4.13. The first-order valence-electron chi connectivity index (χ1n) is 7.06. The Morgan fingerprint density at radius 1 is 1.45 bits per heavy atom. The van der Waals surface area contributed by atoms with Gasteiger partial charge < -0.3 is 20.5 Å². The molecule has 3 N–H and O–H groups in total. The first-order valence-corrected chi connectivity index (χ1v) is 7.06. The van der Waals surface area contributed by atoms with E-state index in [4.69, 9.17) is 9.84 Å². The molecule has 2 rings (SSSR count). The van der Waals surface area contributed by atoms with Crippen molar-refractivity contribution in [3.8, 4) is 5.75 Å². The summed E-state index contributed by atoms with van der Waals surface area (Å²) in [4.78, 5) is 11.6. The normalized spacial score (nSPS) is 18.0. The summed E-state index contributed by atoms with van der Waals surface area (Å²) in [6.45, 7) is 3.21. The Bertz CT molecular complexity index is 425. The highest BCUT2D eigenvalue weighted by atomic mass is 16.5. The Morgan fingerprint density at radius 3 is 3.00 bits per heavy atom. The summed E-state index contributed by atoms with van der Waals surface area (Å²) in [6.07, 6.45) is 1.53. The maximum absolute atomic E-state index is 11.6. The molecule has 0 bridgehead atoms. The lowest BCUT2D eigenvalue weighted by Gasteiger charge is -2.14. The second-order valence-electron chi connectivity index (χ2n) is 5.26. The molecule has 5 heteroatoms. The highest BCUT2D eigenvalue weighted by molar-refractivity contribution is 5.73. The largest absolute Gasteiger partial charge is 0.488 e. The van der Waals surface area contributed by atoms with Gasteiger partial charge in [0.05, 0.1) is 6.54 Å². The Hall–Kier alpha value is -1.75. The van der Waals surface area contributed by atoms with Gasteiger partial charge in [-0.15, -0.1) is 0 Å². The van der Waals surface area contributed by atoms with E-state index in [2.05, 4.69) is 10.6 Å². The number of benzene rings is 1. The molecule has 0 aromatic heterocycles. The number of hydrogen-bond donors (Lipinski definition) is 3. The van der Waals surface area contributed by atoms with Crippen LogP contribution in [0.4, 0.5) is 4.79 Å². The van der Waals surface area contributed by atoms with Crippen molar-refractivity contribution in [3.63, 3.8) is 0 Å². The number of aliphatic hydroxyl groups excluding tert-OH is 1. The number of amides is 2. The number of fused-ring (bicyclic) bond motifs is 1. The minimum absolute atomic E-state index is 0.00742. The number of aliphatic hydroxyl groups is 1. The van der Waals surface area contributed by atoms with Crippen LogP contribution in [-0.2, 0) is 6.42 Å². The minimum Gasteiger partial charge on any atom is -0.488 e. The first-order chi connectivity index (χ1) is 9.69. The van der Waals surface area contributed by atoms with Gasteiger partial charge in [0.2, 0.25) is 0 Å². The SMILES string of the molecule is CC(CCO)CNC(=O)NCC1Cc2ccccc2O1. The fraction of sp³-hybridized carbons (Fsp3) is 0.533. The summed E-state index contributed by atoms with van der Waals surface area (Å²) in [7, 11) is 0. The molecule has 5 nitrogen and oxygen atoms in total. The maximum atomic E-state index is 11.6. The van der Waals surface area contributed by atoms with Gasteiger partial charge in [-0.2, -0.15) is 0 Å². The quantitative estimate of drug-likeness (QED) is 0.734. The van der Waals surface area contributed by atoms with Crippen molar-refractivity contribution in [2.45, 2.75) is 25.9 Å². The molecule has 0 fully saturated rings. The second kappa shape index (κ2) is 7.14. The van der Waals surface area contributed by atoms with Crippen LogP contribution in [0.5, 0.6) is 5.75 Å². The van der Waals surface area contributed by atoms with Crippen molar-refractivity contribution in [3.05, 3.63) is 29.8 Å². The smallest absolute Gasteiger partial charge is 0.314 e. The highest BCUT2D eigenvalue weighted by Crippen LogP contribution is 2.27. The van der Waals surface area contributed by atoms with Crippen molar-refractivity contribution in [1.29, 1.82) is 0 Å². The third-order valence-electron chi connectivity index (χ3n) is 3.44. The minimum atomic E-state index is -0.186. The van der Waals surface area contributed by atoms with Crippen LogP contribution in [0.1, 0.15) is 18.9 Å². The number of nitrogens with one attached hydrogen (secondary N) is 2. The van der Waals surface area contributed by atoms with E-state index in [1.165, 1.54) is 5.56 Å². The lowest BCUT2D eigenvalue weighted by atomic mass is 10.1. The van der Waals surface area contributed by atoms with Crippen LogP contribution in [0.3, 0.4) is 0 Å². The van der Waals surface area contributed by atoms with Gasteiger partial charge in [0, 0.05) is 19.6 Å². The van der Waals surface area contributed by atoms with E-state index in [-0.39, 0.29) is 24.7 Å². The Morgan fingerprint density at radius 2 is 2.25 bits per heavy atom. The van der Waals surface area contributed by atoms with Gasteiger partial charge >= 0.3 is 6.03 Å². The predicted molar refractivity (Wildman–Crippen MR) is 76.8 cm³/mol. The Kier molecular flexibility index (Phi) is 5.24. The van der Waals surface area contributed by atoms with Crippen LogP contribution in [0.15, 0.2) is 24.3 Å². The van der Waals surface area contributed by atoms with Crippen LogP contribution < -0.4 is 15.4 Å². The van der Waals surface area contributed by atoms with Crippen LogP contribution in [0.2, 0.25) is 0 Å². The molecule has 0 saturated carbocycles. The monoisotopic (exact) mass is 278 g/mol. The van der Waals surface area contributed by atoms with Crippen molar-refractivity contribution in [2.24, 2.45) is 5.92 Å². The van der Waals surface area contributed by atoms with Crippen molar-refractivity contribution < 1.29 is 14.6 Å². The summed E-state index contributed by atoms with van der Waals surface area (Å²) >= 11 is 0. The molecule has 110 valence electrons. The third-order valence-corrected chi connectivity index (χ3v) is 3.44. The molecule has 0 spiro atoms. The molecule has 1 aliphatic rings. The van der Waals surface area contributed by atoms with E-state index < -0.39 is 0 Å². The number of carbonyl (C=O) groups excluding carboxylic acids is 1. The predicted octanol–water partition coefficient (Wildman–Crippen LogP) is 1.31. The summed E-state index contributed by atoms with van der Waals surface area (Å²) in [5.74, 6) is 1.19. The molecule has 2 amide bonds. The number of carbonyl (C=O) groups is 1. The van der Waals surface area contributed by atoms with Gasteiger partial charge in [-0.3, -0.25) is 0 Å². The lowest BCUT2D eigenvalue weighted by molar-refractivity contribution is 0.211. The fourth-order valence-electron chi connectivity index (χ4n) is 2.23. The number of urea groups is 1. The molecule has 1 aromatic carbocycles. The zero-order valence-corrected chi connectivity index (χ0v) is 11.8. The van der Waals surface area contributed by atoms with E-state index in [1.54, 1.807) is 0 Å². The van der Waals surface area contributed by atoms with Gasteiger partial charge in [-0.05, 0) is 24.0 Å². The maximum Gasteiger partial charge on any atom is 0.314 e. The molecule has 1 heterocycles. The van der Waals surface area contributed by atoms with E-state index in [9.17, 15) is 4.79 Å². The Labute approximate surface area is 119 Å². The van der Waals surface area contributed by atoms with Crippen LogP contribution in [-0.4, -0.2) is 36.9 Å². The summed E-state index contributed by atoms with van der Waals surface area (Å²) < 4.78 is 5.75. The van der Waals surface area contributed by atoms with Gasteiger partial charge in [-0.1, -0.05) is 25.1 Å². The zero-order valence-electron chi connectivity index (χ0n) is 11.8. The number of rotatable bonds is 6. The summed E-state index contributed by atoms with van der Waals surface area (Å²) in [5.41, 5.74) is 1.19. The molecule has 1 aromatic rings. The van der Waals surface area contributed by atoms with E-state index in [0.29, 0.717) is 19.5 Å². The first kappa shape index (κ1) is 14.7. The molecule has 2 unspecified atom stereocenters. The van der Waals surface area contributed by atoms with Gasteiger partial charge in [0.1, 0.15) is 11.9 Å². The molecule has 2 atom stereocenters. The summed E-state index contributed by atoms with van der Waals surface area (Å²) in [5, 5.41) is 14.4. The fourth-order valence-corrected chi connectivity index (χ4v) is 2.23. The van der Waals surface area contributed by atoms with E-state index in [0.717, 1.165) is 12.2 Å².